The van der Waals surface area contributed by atoms with Gasteiger partial charge in [-0.15, -0.1) is 11.3 Å². The summed E-state index contributed by atoms with van der Waals surface area (Å²) in [5.41, 5.74) is 5.71. The summed E-state index contributed by atoms with van der Waals surface area (Å²) in [6.45, 7) is 14.3. The zero-order chi connectivity index (χ0) is 49.4. The molecule has 68 heavy (non-hydrogen) atoms. The highest BCUT2D eigenvalue weighted by atomic mass is 35.5. The number of amidine groups is 2. The SMILES string of the molecule is CC(=N)N1C(=N)[C@H](CC(=O)N2CCC(N3CCN(c4ccc(-n5c(-c6cc(C(C)C)c(O)cc6O)n[nH]c5=O)cc4)CC3)CC2)N=C(c2ccc(Cl)cc2)c2c1sc(C)c2C.O=C(O)C(F)(F)F. The Morgan fingerprint density at radius 1 is 0.941 bits per heavy atom. The predicted molar refractivity (Wildman–Crippen MR) is 257 cm³/mol. The number of carbonyl (C=O) groups is 2. The third kappa shape index (κ3) is 10.3. The molecule has 2 aromatic heterocycles. The van der Waals surface area contributed by atoms with E-state index in [0.717, 1.165) is 71.3 Å². The number of amides is 1. The second-order valence-electron chi connectivity index (χ2n) is 17.2. The number of halogens is 4. The minimum atomic E-state index is -5.08. The number of aryl methyl sites for hydroxylation is 1. The number of aromatic nitrogens is 3. The van der Waals surface area contributed by atoms with Crippen LogP contribution in [0.1, 0.15) is 73.1 Å². The number of thiophene rings is 1. The highest BCUT2D eigenvalue weighted by Gasteiger charge is 2.39. The topological polar surface area (TPSA) is 219 Å². The molecule has 1 amide bonds. The van der Waals surface area contributed by atoms with Gasteiger partial charge < -0.3 is 25.1 Å². The monoisotopic (exact) mass is 976 g/mol. The van der Waals surface area contributed by atoms with Gasteiger partial charge >= 0.3 is 17.8 Å². The van der Waals surface area contributed by atoms with E-state index in [1.54, 1.807) is 29.2 Å². The number of nitrogens with zero attached hydrogens (tertiary/aromatic N) is 7. The van der Waals surface area contributed by atoms with Gasteiger partial charge in [0, 0.05) is 78.1 Å². The van der Waals surface area contributed by atoms with Gasteiger partial charge in [0.2, 0.25) is 5.91 Å². The lowest BCUT2D eigenvalue weighted by Crippen LogP contribution is -2.54. The van der Waals surface area contributed by atoms with E-state index in [9.17, 15) is 38.4 Å². The standard InChI is InChI=1S/C45H51ClN10O4S.C2HF3O2/c1-25(2)34-22-35(38(58)24-37(34)57)43-50-51-45(60)56(43)33-12-10-31(11-13-33)52-18-20-53(21-19-52)32-14-16-54(17-15-32)39(59)23-36-42(48)55(28(5)47)44-40(26(3)27(4)61-44)41(49-36)29-6-8-30(46)9-7-29;3-2(4,5)1(6)7/h6-13,22,24-25,32,36,47-48,57-58H,14-21,23H2,1-5H3,(H,51,60);(H,6,7)/t36-;/m0./s1. The van der Waals surface area contributed by atoms with Gasteiger partial charge in [-0.1, -0.05) is 37.6 Å². The minimum Gasteiger partial charge on any atom is -0.508 e. The van der Waals surface area contributed by atoms with Crippen molar-refractivity contribution in [3.05, 3.63) is 103 Å². The van der Waals surface area contributed by atoms with Crippen molar-refractivity contribution in [1.29, 1.82) is 10.8 Å². The number of anilines is 2. The first kappa shape index (κ1) is 49.4. The molecule has 5 heterocycles. The fourth-order valence-electron chi connectivity index (χ4n) is 8.77. The lowest BCUT2D eigenvalue weighted by molar-refractivity contribution is -0.192. The number of hydrogen-bond acceptors (Lipinski definition) is 12. The van der Waals surface area contributed by atoms with Crippen LogP contribution < -0.4 is 15.5 Å². The van der Waals surface area contributed by atoms with Crippen LogP contribution in [-0.4, -0.2) is 127 Å². The number of phenols is 2. The number of carboxylic acids is 1. The van der Waals surface area contributed by atoms with Gasteiger partial charge in [0.05, 0.1) is 23.4 Å². The third-order valence-corrected chi connectivity index (χ3v) is 14.0. The first-order chi connectivity index (χ1) is 32.1. The molecule has 8 rings (SSSR count). The number of H-pyrrole nitrogens is 1. The molecule has 21 heteroatoms. The van der Waals surface area contributed by atoms with Crippen LogP contribution >= 0.6 is 22.9 Å². The molecule has 16 nitrogen and oxygen atoms in total. The second-order valence-corrected chi connectivity index (χ2v) is 18.8. The number of aromatic hydroxyl groups is 2. The van der Waals surface area contributed by atoms with Gasteiger partial charge in [0.25, 0.3) is 0 Å². The molecule has 3 aliphatic rings. The van der Waals surface area contributed by atoms with Crippen molar-refractivity contribution in [2.45, 2.75) is 78.1 Å². The molecule has 0 radical (unpaired) electrons. The average Bonchev–Trinajstić information content (AvgIpc) is 3.78. The summed E-state index contributed by atoms with van der Waals surface area (Å²) in [5, 5.41) is 54.3. The summed E-state index contributed by atoms with van der Waals surface area (Å²) >= 11 is 7.80. The van der Waals surface area contributed by atoms with E-state index in [2.05, 4.69) is 20.0 Å². The van der Waals surface area contributed by atoms with Crippen LogP contribution in [0.4, 0.5) is 23.9 Å². The molecular weight excluding hydrogens is 925 g/mol. The molecule has 3 aromatic carbocycles. The van der Waals surface area contributed by atoms with E-state index in [4.69, 9.17) is 31.9 Å². The molecule has 0 aliphatic carbocycles. The number of carbonyl (C=O) groups excluding carboxylic acids is 1. The Hall–Kier alpha value is -6.51. The summed E-state index contributed by atoms with van der Waals surface area (Å²) in [5.74, 6) is -2.38. The molecule has 3 aliphatic heterocycles. The van der Waals surface area contributed by atoms with E-state index in [-0.39, 0.29) is 47.2 Å². The molecule has 0 unspecified atom stereocenters. The third-order valence-electron chi connectivity index (χ3n) is 12.5. The highest BCUT2D eigenvalue weighted by Crippen LogP contribution is 2.41. The maximum absolute atomic E-state index is 14.0. The van der Waals surface area contributed by atoms with E-state index in [0.29, 0.717) is 46.7 Å². The fourth-order valence-corrected chi connectivity index (χ4v) is 10.1. The van der Waals surface area contributed by atoms with Crippen molar-refractivity contribution >= 4 is 62.9 Å². The molecule has 0 bridgehead atoms. The van der Waals surface area contributed by atoms with Gasteiger partial charge in [0.15, 0.2) is 5.82 Å². The number of rotatable bonds is 8. The number of fused-ring (bicyclic) bond motifs is 1. The number of benzene rings is 3. The summed E-state index contributed by atoms with van der Waals surface area (Å²) < 4.78 is 33.2. The van der Waals surface area contributed by atoms with E-state index < -0.39 is 23.9 Å². The highest BCUT2D eigenvalue weighted by molar-refractivity contribution is 7.17. The number of piperazine rings is 1. The van der Waals surface area contributed by atoms with E-state index in [1.807, 2.05) is 81.1 Å². The zero-order valence-corrected chi connectivity index (χ0v) is 39.6. The maximum Gasteiger partial charge on any atom is 0.490 e. The molecule has 1 atom stereocenters. The molecule has 0 spiro atoms. The van der Waals surface area contributed by atoms with E-state index >= 15 is 0 Å². The van der Waals surface area contributed by atoms with Crippen LogP contribution in [0.2, 0.25) is 5.02 Å². The van der Waals surface area contributed by atoms with Gasteiger partial charge in [0.1, 0.15) is 34.2 Å². The van der Waals surface area contributed by atoms with Crippen molar-refractivity contribution in [3.8, 4) is 28.6 Å². The normalized spacial score (nSPS) is 17.1. The van der Waals surface area contributed by atoms with Crippen LogP contribution in [0, 0.1) is 24.7 Å². The Balaban J connectivity index is 0.000000908. The Bertz CT molecular complexity index is 2810. The molecule has 0 saturated carbocycles. The number of likely N-dealkylation sites (tertiary alicyclic amines) is 1. The number of alkyl halides is 3. The number of carboxylic acid groups (broad SMARTS) is 1. The van der Waals surface area contributed by atoms with Crippen molar-refractivity contribution in [1.82, 2.24) is 24.6 Å². The summed E-state index contributed by atoms with van der Waals surface area (Å²) in [6, 6.07) is 17.8. The summed E-state index contributed by atoms with van der Waals surface area (Å²) in [6.07, 6.45) is -3.32. The lowest BCUT2D eigenvalue weighted by atomic mass is 9.98. The van der Waals surface area contributed by atoms with Gasteiger partial charge in [-0.3, -0.25) is 30.4 Å². The van der Waals surface area contributed by atoms with Crippen molar-refractivity contribution in [3.63, 3.8) is 0 Å². The summed E-state index contributed by atoms with van der Waals surface area (Å²) in [7, 11) is 0. The van der Waals surface area contributed by atoms with Gasteiger partial charge in [-0.2, -0.15) is 18.3 Å². The number of aromatic amines is 1. The first-order valence-corrected chi connectivity index (χ1v) is 23.1. The molecule has 360 valence electrons. The van der Waals surface area contributed by atoms with Crippen molar-refractivity contribution < 1.29 is 38.1 Å². The van der Waals surface area contributed by atoms with Crippen molar-refractivity contribution in [2.24, 2.45) is 4.99 Å². The summed E-state index contributed by atoms with van der Waals surface area (Å²) in [4.78, 5) is 50.5. The molecule has 2 fully saturated rings. The van der Waals surface area contributed by atoms with Crippen LogP contribution in [0.5, 0.6) is 11.5 Å². The number of nitrogens with one attached hydrogen (secondary N) is 3. The minimum absolute atomic E-state index is 0.00356. The zero-order valence-electron chi connectivity index (χ0n) is 38.0. The Kier molecular flexibility index (Phi) is 14.5. The quantitative estimate of drug-likeness (QED) is 0.0652. The number of aliphatic carboxylic acids is 1. The van der Waals surface area contributed by atoms with Crippen LogP contribution in [0.25, 0.3) is 17.1 Å². The molecule has 5 aromatic rings. The largest absolute Gasteiger partial charge is 0.508 e. The maximum atomic E-state index is 14.0. The Labute approximate surface area is 398 Å². The average molecular weight is 978 g/mol. The fraction of sp³-hybridized carbons (Fsp3) is 0.383. The number of aliphatic imine (C=N–C) groups is 1. The number of phenolic OH excluding ortho intramolecular Hbond substituents is 2. The Morgan fingerprint density at radius 3 is 2.12 bits per heavy atom. The van der Waals surface area contributed by atoms with Crippen LogP contribution in [0.3, 0.4) is 0 Å². The van der Waals surface area contributed by atoms with Crippen LogP contribution in [-0.2, 0) is 9.59 Å². The van der Waals surface area contributed by atoms with Gasteiger partial charge in [-0.05, 0) is 93.1 Å². The molecular formula is C47H52ClF3N10O6S. The Morgan fingerprint density at radius 2 is 1.54 bits per heavy atom. The predicted octanol–water partition coefficient (Wildman–Crippen LogP) is 7.93. The van der Waals surface area contributed by atoms with Crippen LogP contribution in [0.15, 0.2) is 70.5 Å². The number of piperidine rings is 1. The smallest absolute Gasteiger partial charge is 0.490 e. The van der Waals surface area contributed by atoms with E-state index in [1.165, 1.54) is 10.6 Å². The van der Waals surface area contributed by atoms with Crippen molar-refractivity contribution in [2.75, 3.05) is 49.1 Å². The first-order valence-electron chi connectivity index (χ1n) is 21.9. The molecule has 2 saturated heterocycles. The molecule has 6 N–H and O–H groups in total. The second kappa shape index (κ2) is 20.0. The van der Waals surface area contributed by atoms with Gasteiger partial charge in [-0.25, -0.2) is 19.3 Å². The lowest BCUT2D eigenvalue weighted by Gasteiger charge is -2.43. The number of hydrogen-bond donors (Lipinski definition) is 6.